The van der Waals surface area contributed by atoms with Crippen LogP contribution in [0.1, 0.15) is 40.5 Å². The van der Waals surface area contributed by atoms with E-state index in [1.165, 1.54) is 0 Å². The first-order valence-corrected chi connectivity index (χ1v) is 10.4. The van der Waals surface area contributed by atoms with Gasteiger partial charge in [0.05, 0.1) is 0 Å². The van der Waals surface area contributed by atoms with Crippen LogP contribution in [0.15, 0.2) is 24.3 Å². The van der Waals surface area contributed by atoms with Crippen molar-refractivity contribution < 1.29 is 9.59 Å². The molecule has 0 atom stereocenters. The van der Waals surface area contributed by atoms with E-state index in [-0.39, 0.29) is 6.04 Å². The first-order valence-electron chi connectivity index (χ1n) is 10.4. The van der Waals surface area contributed by atoms with Gasteiger partial charge in [-0.15, -0.1) is 0 Å². The fourth-order valence-corrected chi connectivity index (χ4v) is 5.01. The third-order valence-corrected chi connectivity index (χ3v) is 6.13. The number of rotatable bonds is 2. The number of nitrogens with zero attached hydrogens (tertiary/aromatic N) is 3. The van der Waals surface area contributed by atoms with Gasteiger partial charge in [0.15, 0.2) is 0 Å². The Morgan fingerprint density at radius 2 is 1.48 bits per heavy atom. The lowest BCUT2D eigenvalue weighted by Gasteiger charge is -2.54. The van der Waals surface area contributed by atoms with Crippen molar-refractivity contribution >= 4 is 23.2 Å². The molecule has 0 radical (unpaired) electrons. The number of carbonyl (C=O) groups is 2. The Bertz CT molecular complexity index is 733. The second kappa shape index (κ2) is 7.95. The molecule has 0 saturated carbocycles. The zero-order chi connectivity index (χ0) is 21.4. The molecule has 2 fully saturated rings. The summed E-state index contributed by atoms with van der Waals surface area (Å²) in [6, 6.07) is 7.75. The van der Waals surface area contributed by atoms with Crippen molar-refractivity contribution in [2.24, 2.45) is 5.73 Å². The molecule has 2 heterocycles. The maximum absolute atomic E-state index is 13.0. The van der Waals surface area contributed by atoms with Crippen LogP contribution in [-0.2, 0) is 9.59 Å². The average molecular weight is 402 g/mol. The minimum absolute atomic E-state index is 0.0224. The molecule has 7 heteroatoms. The summed E-state index contributed by atoms with van der Waals surface area (Å²) in [7, 11) is 2.13. The third kappa shape index (κ3) is 4.73. The molecule has 2 aliphatic heterocycles. The lowest BCUT2D eigenvalue weighted by Crippen LogP contribution is -2.66. The first-order chi connectivity index (χ1) is 13.5. The standard InChI is InChI=1S/C22H35N5O2/c1-21(2)14-16(23)15-22(3,4)27(21)20(29)19(28)24-17-6-8-18(9-7-17)26-12-10-25(5)11-13-26/h6-9,16H,10-15,23H2,1-5H3,(H,24,28). The van der Waals surface area contributed by atoms with Crippen molar-refractivity contribution in [1.29, 1.82) is 0 Å². The fraction of sp³-hybridized carbons (Fsp3) is 0.636. The number of amides is 2. The number of anilines is 2. The summed E-state index contributed by atoms with van der Waals surface area (Å²) >= 11 is 0. The van der Waals surface area contributed by atoms with Crippen LogP contribution in [0.3, 0.4) is 0 Å². The van der Waals surface area contributed by atoms with E-state index in [1.807, 2.05) is 52.0 Å². The molecule has 1 aromatic carbocycles. The summed E-state index contributed by atoms with van der Waals surface area (Å²) < 4.78 is 0. The minimum Gasteiger partial charge on any atom is -0.369 e. The van der Waals surface area contributed by atoms with Crippen molar-refractivity contribution in [2.45, 2.75) is 57.7 Å². The van der Waals surface area contributed by atoms with Crippen molar-refractivity contribution in [1.82, 2.24) is 9.80 Å². The highest BCUT2D eigenvalue weighted by atomic mass is 16.2. The molecule has 0 unspecified atom stereocenters. The maximum atomic E-state index is 13.0. The molecule has 2 aliphatic rings. The molecule has 0 bridgehead atoms. The van der Waals surface area contributed by atoms with Gasteiger partial charge in [0.2, 0.25) is 0 Å². The molecule has 3 N–H and O–H groups in total. The molecule has 7 nitrogen and oxygen atoms in total. The number of piperidine rings is 1. The molecule has 29 heavy (non-hydrogen) atoms. The van der Waals surface area contributed by atoms with Crippen LogP contribution in [0.25, 0.3) is 0 Å². The molecule has 2 amide bonds. The Labute approximate surface area is 174 Å². The van der Waals surface area contributed by atoms with Crippen LogP contribution in [-0.4, -0.2) is 72.0 Å². The molecule has 2 saturated heterocycles. The van der Waals surface area contributed by atoms with Gasteiger partial charge in [0, 0.05) is 54.7 Å². The fourth-order valence-electron chi connectivity index (χ4n) is 5.01. The molecular weight excluding hydrogens is 366 g/mol. The van der Waals surface area contributed by atoms with Crippen molar-refractivity contribution in [3.63, 3.8) is 0 Å². The van der Waals surface area contributed by atoms with Gasteiger partial charge >= 0.3 is 11.8 Å². The van der Waals surface area contributed by atoms with Crippen LogP contribution in [0.2, 0.25) is 0 Å². The Morgan fingerprint density at radius 1 is 0.966 bits per heavy atom. The highest BCUT2D eigenvalue weighted by Gasteiger charge is 2.48. The first kappa shape index (κ1) is 21.6. The molecule has 3 rings (SSSR count). The molecule has 160 valence electrons. The van der Waals surface area contributed by atoms with Crippen molar-refractivity contribution in [3.05, 3.63) is 24.3 Å². The number of carbonyl (C=O) groups excluding carboxylic acids is 2. The zero-order valence-electron chi connectivity index (χ0n) is 18.4. The largest absolute Gasteiger partial charge is 0.369 e. The molecular formula is C22H35N5O2. The highest BCUT2D eigenvalue weighted by Crippen LogP contribution is 2.38. The van der Waals surface area contributed by atoms with Crippen LogP contribution in [0, 0.1) is 0 Å². The second-order valence-corrected chi connectivity index (χ2v) is 9.73. The zero-order valence-corrected chi connectivity index (χ0v) is 18.4. The van der Waals surface area contributed by atoms with E-state index in [4.69, 9.17) is 5.73 Å². The summed E-state index contributed by atoms with van der Waals surface area (Å²) in [5, 5.41) is 2.77. The summed E-state index contributed by atoms with van der Waals surface area (Å²) in [4.78, 5) is 32.1. The predicted molar refractivity (Wildman–Crippen MR) is 117 cm³/mol. The number of likely N-dealkylation sites (N-methyl/N-ethyl adjacent to an activating group) is 1. The van der Waals surface area contributed by atoms with Gasteiger partial charge in [-0.1, -0.05) is 0 Å². The lowest BCUT2D eigenvalue weighted by atomic mass is 9.77. The number of benzene rings is 1. The van der Waals surface area contributed by atoms with Crippen LogP contribution < -0.4 is 16.0 Å². The van der Waals surface area contributed by atoms with Crippen LogP contribution >= 0.6 is 0 Å². The van der Waals surface area contributed by atoms with E-state index in [0.29, 0.717) is 18.5 Å². The minimum atomic E-state index is -0.603. The molecule has 1 aromatic rings. The van der Waals surface area contributed by atoms with Gasteiger partial charge in [0.1, 0.15) is 0 Å². The Kier molecular flexibility index (Phi) is 5.92. The average Bonchev–Trinajstić information content (AvgIpc) is 2.60. The summed E-state index contributed by atoms with van der Waals surface area (Å²) in [5.74, 6) is -1.11. The predicted octanol–water partition coefficient (Wildman–Crippen LogP) is 1.88. The highest BCUT2D eigenvalue weighted by molar-refractivity contribution is 6.39. The topological polar surface area (TPSA) is 81.9 Å². The number of nitrogens with two attached hydrogens (primary N) is 1. The van der Waals surface area contributed by atoms with Crippen molar-refractivity contribution in [3.8, 4) is 0 Å². The van der Waals surface area contributed by atoms with Gasteiger partial charge in [-0.3, -0.25) is 9.59 Å². The lowest BCUT2D eigenvalue weighted by molar-refractivity contribution is -0.156. The van der Waals surface area contributed by atoms with Gasteiger partial charge in [-0.05, 0) is 71.8 Å². The Balaban J connectivity index is 1.67. The van der Waals surface area contributed by atoms with E-state index in [0.717, 1.165) is 31.9 Å². The SMILES string of the molecule is CN1CCN(c2ccc(NC(=O)C(=O)N3C(C)(C)CC(N)CC3(C)C)cc2)CC1. The quantitative estimate of drug-likeness (QED) is 0.740. The second-order valence-electron chi connectivity index (χ2n) is 9.73. The van der Waals surface area contributed by atoms with E-state index in [2.05, 4.69) is 22.2 Å². The monoisotopic (exact) mass is 401 g/mol. The number of nitrogens with one attached hydrogen (secondary N) is 1. The summed E-state index contributed by atoms with van der Waals surface area (Å²) in [6.45, 7) is 12.0. The van der Waals surface area contributed by atoms with E-state index in [1.54, 1.807) is 4.90 Å². The smallest absolute Gasteiger partial charge is 0.313 e. The van der Waals surface area contributed by atoms with E-state index >= 15 is 0 Å². The Hall–Kier alpha value is -2.12. The van der Waals surface area contributed by atoms with Crippen molar-refractivity contribution in [2.75, 3.05) is 43.4 Å². The number of hydrogen-bond donors (Lipinski definition) is 2. The van der Waals surface area contributed by atoms with Gasteiger partial charge < -0.3 is 25.8 Å². The molecule has 0 spiro atoms. The molecule has 0 aliphatic carbocycles. The number of likely N-dealkylation sites (tertiary alicyclic amines) is 1. The van der Waals surface area contributed by atoms with Crippen LogP contribution in [0.4, 0.5) is 11.4 Å². The van der Waals surface area contributed by atoms with Gasteiger partial charge in [-0.25, -0.2) is 0 Å². The van der Waals surface area contributed by atoms with Gasteiger partial charge in [-0.2, -0.15) is 0 Å². The molecule has 0 aromatic heterocycles. The summed E-state index contributed by atoms with van der Waals surface area (Å²) in [5.41, 5.74) is 7.01. The van der Waals surface area contributed by atoms with Crippen LogP contribution in [0.5, 0.6) is 0 Å². The normalized spacial score (nSPS) is 22.4. The summed E-state index contributed by atoms with van der Waals surface area (Å²) in [6.07, 6.45) is 1.35. The third-order valence-electron chi connectivity index (χ3n) is 6.13. The van der Waals surface area contributed by atoms with Gasteiger partial charge in [0.25, 0.3) is 0 Å². The Morgan fingerprint density at radius 3 is 2.00 bits per heavy atom. The van der Waals surface area contributed by atoms with E-state index < -0.39 is 22.9 Å². The number of piperazine rings is 1. The van der Waals surface area contributed by atoms with E-state index in [9.17, 15) is 9.59 Å². The number of hydrogen-bond acceptors (Lipinski definition) is 5. The maximum Gasteiger partial charge on any atom is 0.313 e.